The highest BCUT2D eigenvalue weighted by atomic mass is 16.6. The molecule has 2 atom stereocenters. The van der Waals surface area contributed by atoms with E-state index < -0.39 is 0 Å². The second kappa shape index (κ2) is 2.50. The molecule has 0 bridgehead atoms. The van der Waals surface area contributed by atoms with Crippen LogP contribution in [0, 0.1) is 0 Å². The van der Waals surface area contributed by atoms with Gasteiger partial charge in [0.25, 0.3) is 0 Å². The van der Waals surface area contributed by atoms with E-state index in [0.717, 1.165) is 0 Å². The van der Waals surface area contributed by atoms with Crippen LogP contribution in [-0.4, -0.2) is 0 Å². The largest absolute Gasteiger partial charge is 0.359 e. The summed E-state index contributed by atoms with van der Waals surface area (Å²) in [7, 11) is 0. The van der Waals surface area contributed by atoms with Crippen LogP contribution >= 0.6 is 0 Å². The smallest absolute Gasteiger partial charge is 0.114 e. The van der Waals surface area contributed by atoms with E-state index in [1.54, 1.807) is 0 Å². The van der Waals surface area contributed by atoms with Crippen LogP contribution in [0.25, 0.3) is 11.1 Å². The van der Waals surface area contributed by atoms with Crippen molar-refractivity contribution < 1.29 is 4.74 Å². The highest BCUT2D eigenvalue weighted by Crippen LogP contribution is 2.58. The summed E-state index contributed by atoms with van der Waals surface area (Å²) in [6.45, 7) is 0. The maximum absolute atomic E-state index is 5.73. The van der Waals surface area contributed by atoms with Crippen LogP contribution in [0.3, 0.4) is 0 Å². The molecule has 0 saturated carbocycles. The van der Waals surface area contributed by atoms with Gasteiger partial charge in [-0.1, -0.05) is 48.5 Å². The Balaban J connectivity index is 2.09. The van der Waals surface area contributed by atoms with E-state index in [4.69, 9.17) is 4.74 Å². The zero-order valence-electron chi connectivity index (χ0n) is 8.18. The van der Waals surface area contributed by atoms with Crippen LogP contribution in [0.4, 0.5) is 0 Å². The van der Waals surface area contributed by atoms with Crippen LogP contribution in [-0.2, 0) is 4.74 Å². The van der Waals surface area contributed by atoms with Gasteiger partial charge in [0.1, 0.15) is 12.2 Å². The van der Waals surface area contributed by atoms with E-state index >= 15 is 0 Å². The lowest BCUT2D eigenvalue weighted by molar-refractivity contribution is 0.380. The fourth-order valence-corrected chi connectivity index (χ4v) is 2.57. The van der Waals surface area contributed by atoms with Crippen molar-refractivity contribution >= 4 is 0 Å². The molecule has 1 nitrogen and oxygen atoms in total. The molecule has 0 N–H and O–H groups in total. The Kier molecular flexibility index (Phi) is 1.28. The molecule has 72 valence electrons. The van der Waals surface area contributed by atoms with Gasteiger partial charge in [-0.2, -0.15) is 0 Å². The number of rotatable bonds is 0. The predicted molar refractivity (Wildman–Crippen MR) is 58.4 cm³/mol. The van der Waals surface area contributed by atoms with Gasteiger partial charge < -0.3 is 4.74 Å². The molecule has 15 heavy (non-hydrogen) atoms. The topological polar surface area (TPSA) is 12.5 Å². The number of ether oxygens (including phenoxy) is 1. The van der Waals surface area contributed by atoms with Gasteiger partial charge in [0.15, 0.2) is 0 Å². The van der Waals surface area contributed by atoms with Gasteiger partial charge in [-0.05, 0) is 22.3 Å². The number of hydrogen-bond acceptors (Lipinski definition) is 1. The fourth-order valence-electron chi connectivity index (χ4n) is 2.57. The van der Waals surface area contributed by atoms with E-state index in [-0.39, 0.29) is 0 Å². The summed E-state index contributed by atoms with van der Waals surface area (Å²) in [5.41, 5.74) is 5.38. The SMILES string of the molecule is c1ccc2c(c1)-c1ccccc1[C@@H]1O[C@@H]21. The van der Waals surface area contributed by atoms with Gasteiger partial charge in [-0.3, -0.25) is 0 Å². The first-order valence-corrected chi connectivity index (χ1v) is 5.29. The molecule has 1 saturated heterocycles. The van der Waals surface area contributed by atoms with Crippen LogP contribution in [0.1, 0.15) is 23.3 Å². The molecular formula is C14H10O. The number of epoxide rings is 1. The highest BCUT2D eigenvalue weighted by molar-refractivity contribution is 5.75. The predicted octanol–water partition coefficient (Wildman–Crippen LogP) is 3.48. The van der Waals surface area contributed by atoms with Crippen LogP contribution in [0.2, 0.25) is 0 Å². The van der Waals surface area contributed by atoms with Gasteiger partial charge in [-0.15, -0.1) is 0 Å². The molecule has 2 aliphatic rings. The molecule has 0 unspecified atom stereocenters. The van der Waals surface area contributed by atoms with Crippen molar-refractivity contribution in [3.05, 3.63) is 59.7 Å². The zero-order valence-corrected chi connectivity index (χ0v) is 8.18. The third-order valence-electron chi connectivity index (χ3n) is 3.32. The van der Waals surface area contributed by atoms with Crippen molar-refractivity contribution in [3.8, 4) is 11.1 Å². The third-order valence-corrected chi connectivity index (χ3v) is 3.32. The lowest BCUT2D eigenvalue weighted by Gasteiger charge is -2.15. The van der Waals surface area contributed by atoms with Crippen molar-refractivity contribution in [2.75, 3.05) is 0 Å². The average molecular weight is 194 g/mol. The minimum atomic E-state index is 0.316. The minimum absolute atomic E-state index is 0.316. The standard InChI is InChI=1S/C14H10O/c1-3-7-11-9(5-1)10-6-2-4-8-12(10)14-13(11)15-14/h1-8,13-14H/t13-,14-/m0/s1. The van der Waals surface area contributed by atoms with Crippen molar-refractivity contribution in [1.82, 2.24) is 0 Å². The molecular weight excluding hydrogens is 184 g/mol. The first-order chi connectivity index (χ1) is 7.45. The highest BCUT2D eigenvalue weighted by Gasteiger charge is 2.46. The number of fused-ring (bicyclic) bond motifs is 6. The molecule has 4 rings (SSSR count). The molecule has 1 aliphatic carbocycles. The Bertz CT molecular complexity index is 495. The van der Waals surface area contributed by atoms with Crippen molar-refractivity contribution in [2.24, 2.45) is 0 Å². The summed E-state index contributed by atoms with van der Waals surface area (Å²) in [5.74, 6) is 0. The van der Waals surface area contributed by atoms with Gasteiger partial charge in [0.2, 0.25) is 0 Å². The molecule has 1 heteroatoms. The summed E-state index contributed by atoms with van der Waals surface area (Å²) < 4.78 is 5.73. The van der Waals surface area contributed by atoms with E-state index in [2.05, 4.69) is 48.5 Å². The zero-order chi connectivity index (χ0) is 9.83. The lowest BCUT2D eigenvalue weighted by Crippen LogP contribution is -1.98. The van der Waals surface area contributed by atoms with Gasteiger partial charge in [-0.25, -0.2) is 0 Å². The van der Waals surface area contributed by atoms with E-state index in [0.29, 0.717) is 12.2 Å². The Labute approximate surface area is 88.3 Å². The normalized spacial score (nSPS) is 25.1. The third kappa shape index (κ3) is 0.910. The summed E-state index contributed by atoms with van der Waals surface area (Å²) >= 11 is 0. The van der Waals surface area contributed by atoms with Crippen molar-refractivity contribution in [2.45, 2.75) is 12.2 Å². The summed E-state index contributed by atoms with van der Waals surface area (Å²) in [6.07, 6.45) is 0.632. The molecule has 2 aromatic carbocycles. The summed E-state index contributed by atoms with van der Waals surface area (Å²) in [4.78, 5) is 0. The van der Waals surface area contributed by atoms with Gasteiger partial charge in [0, 0.05) is 0 Å². The van der Waals surface area contributed by atoms with Gasteiger partial charge in [0.05, 0.1) is 0 Å². The second-order valence-electron chi connectivity index (χ2n) is 4.15. The number of hydrogen-bond donors (Lipinski definition) is 0. The van der Waals surface area contributed by atoms with Crippen LogP contribution in [0.15, 0.2) is 48.5 Å². The molecule has 0 spiro atoms. The van der Waals surface area contributed by atoms with Crippen LogP contribution < -0.4 is 0 Å². The van der Waals surface area contributed by atoms with Crippen molar-refractivity contribution in [1.29, 1.82) is 0 Å². The molecule has 0 aromatic heterocycles. The van der Waals surface area contributed by atoms with E-state index in [1.165, 1.54) is 22.3 Å². The molecule has 1 heterocycles. The molecule has 1 fully saturated rings. The monoisotopic (exact) mass is 194 g/mol. The number of benzene rings is 2. The first-order valence-electron chi connectivity index (χ1n) is 5.29. The maximum Gasteiger partial charge on any atom is 0.114 e. The Morgan fingerprint density at radius 2 is 1.13 bits per heavy atom. The first kappa shape index (κ1) is 7.66. The molecule has 2 aromatic rings. The van der Waals surface area contributed by atoms with E-state index in [1.807, 2.05) is 0 Å². The summed E-state index contributed by atoms with van der Waals surface area (Å²) in [6, 6.07) is 17.1. The fraction of sp³-hybridized carbons (Fsp3) is 0.143. The molecule has 1 aliphatic heterocycles. The van der Waals surface area contributed by atoms with E-state index in [9.17, 15) is 0 Å². The van der Waals surface area contributed by atoms with Gasteiger partial charge >= 0.3 is 0 Å². The Hall–Kier alpha value is -1.60. The molecule has 0 amide bonds. The quantitative estimate of drug-likeness (QED) is 0.585. The Morgan fingerprint density at radius 1 is 0.667 bits per heavy atom. The van der Waals surface area contributed by atoms with Crippen molar-refractivity contribution in [3.63, 3.8) is 0 Å². The lowest BCUT2D eigenvalue weighted by atomic mass is 9.86. The summed E-state index contributed by atoms with van der Waals surface area (Å²) in [5, 5.41) is 0. The van der Waals surface area contributed by atoms with Crippen LogP contribution in [0.5, 0.6) is 0 Å². The maximum atomic E-state index is 5.73. The Morgan fingerprint density at radius 3 is 1.67 bits per heavy atom. The minimum Gasteiger partial charge on any atom is -0.359 e. The average Bonchev–Trinajstić information content (AvgIpc) is 3.10. The second-order valence-corrected chi connectivity index (χ2v) is 4.15. The molecule has 0 radical (unpaired) electrons.